The van der Waals surface area contributed by atoms with Crippen LogP contribution >= 0.6 is 0 Å². The third-order valence-electron chi connectivity index (χ3n) is 4.51. The summed E-state index contributed by atoms with van der Waals surface area (Å²) in [4.78, 5) is 25.2. The maximum Gasteiger partial charge on any atom is 0.410 e. The molecule has 5 nitrogen and oxygen atoms in total. The molecule has 0 aliphatic carbocycles. The number of halogens is 1. The molecular weight excluding hydrogens is 313 g/mol. The Labute approximate surface area is 140 Å². The molecule has 2 atom stereocenters. The highest BCUT2D eigenvalue weighted by molar-refractivity contribution is 5.94. The number of carbonyl (C=O) groups is 2. The Morgan fingerprint density at radius 1 is 1.33 bits per heavy atom. The number of hydrogen-bond acceptors (Lipinski definition) is 4. The largest absolute Gasteiger partial charge is 0.457 e. The zero-order chi connectivity index (χ0) is 17.6. The molecule has 2 aliphatic heterocycles. The van der Waals surface area contributed by atoms with E-state index in [0.29, 0.717) is 5.56 Å². The molecule has 3 rings (SSSR count). The number of esters is 1. The number of alkyl halides is 1. The molecule has 0 aromatic heterocycles. The van der Waals surface area contributed by atoms with Gasteiger partial charge in [-0.05, 0) is 44.9 Å². The van der Waals surface area contributed by atoms with E-state index < -0.39 is 23.8 Å². The first-order chi connectivity index (χ1) is 11.2. The van der Waals surface area contributed by atoms with Gasteiger partial charge in [-0.2, -0.15) is 0 Å². The lowest BCUT2D eigenvalue weighted by atomic mass is 9.89. The van der Waals surface area contributed by atoms with Crippen LogP contribution in [-0.2, 0) is 16.1 Å². The molecule has 2 heterocycles. The Balaban J connectivity index is 1.82. The third-order valence-corrected chi connectivity index (χ3v) is 4.51. The molecule has 0 bridgehead atoms. The maximum absolute atomic E-state index is 14.6. The van der Waals surface area contributed by atoms with Gasteiger partial charge in [-0.15, -0.1) is 0 Å². The lowest BCUT2D eigenvalue weighted by Gasteiger charge is -2.24. The number of hydrogen-bond donors (Lipinski definition) is 0. The van der Waals surface area contributed by atoms with Crippen LogP contribution < -0.4 is 0 Å². The minimum atomic E-state index is -1.16. The molecule has 1 fully saturated rings. The predicted molar refractivity (Wildman–Crippen MR) is 85.7 cm³/mol. The highest BCUT2D eigenvalue weighted by atomic mass is 19.1. The maximum atomic E-state index is 14.6. The number of likely N-dealkylation sites (tertiary alicyclic amines) is 1. The summed E-state index contributed by atoms with van der Waals surface area (Å²) in [6, 6.07) is 3.46. The van der Waals surface area contributed by atoms with Crippen LogP contribution in [0.5, 0.6) is 0 Å². The second kappa shape index (κ2) is 5.76. The third kappa shape index (κ3) is 2.97. The summed E-state index contributed by atoms with van der Waals surface area (Å²) in [5.41, 5.74) is 2.46. The smallest absolute Gasteiger partial charge is 0.410 e. The zero-order valence-corrected chi connectivity index (χ0v) is 14.4. The van der Waals surface area contributed by atoms with Crippen molar-refractivity contribution in [3.05, 3.63) is 34.4 Å². The minimum Gasteiger partial charge on any atom is -0.457 e. The van der Waals surface area contributed by atoms with Gasteiger partial charge in [0.2, 0.25) is 0 Å². The number of carbonyl (C=O) groups excluding carboxylic acids is 2. The fourth-order valence-electron chi connectivity index (χ4n) is 3.30. The Morgan fingerprint density at radius 3 is 2.71 bits per heavy atom. The molecule has 130 valence electrons. The van der Waals surface area contributed by atoms with Crippen LogP contribution in [0.3, 0.4) is 0 Å². The van der Waals surface area contributed by atoms with Crippen molar-refractivity contribution >= 4 is 12.1 Å². The van der Waals surface area contributed by atoms with Gasteiger partial charge in [0.1, 0.15) is 18.4 Å². The fraction of sp³-hybridized carbons (Fsp3) is 0.556. The van der Waals surface area contributed by atoms with Gasteiger partial charge in [-0.1, -0.05) is 6.07 Å². The normalized spacial score (nSPS) is 23.2. The van der Waals surface area contributed by atoms with Crippen molar-refractivity contribution in [3.63, 3.8) is 0 Å². The molecular formula is C18H22FNO4. The minimum absolute atomic E-state index is 0.0194. The first-order valence-corrected chi connectivity index (χ1v) is 8.09. The van der Waals surface area contributed by atoms with E-state index in [1.165, 1.54) is 4.90 Å². The van der Waals surface area contributed by atoms with Crippen molar-refractivity contribution in [2.75, 3.05) is 13.1 Å². The number of fused-ring (bicyclic) bond motifs is 1. The molecule has 1 aromatic rings. The van der Waals surface area contributed by atoms with Crippen LogP contribution in [0.15, 0.2) is 12.1 Å². The second-order valence-corrected chi connectivity index (χ2v) is 7.39. The Kier molecular flexibility index (Phi) is 4.01. The number of cyclic esters (lactones) is 1. The summed E-state index contributed by atoms with van der Waals surface area (Å²) in [7, 11) is 0. The van der Waals surface area contributed by atoms with Crippen LogP contribution in [0.1, 0.15) is 53.7 Å². The molecule has 0 radical (unpaired) electrons. The highest BCUT2D eigenvalue weighted by Gasteiger charge is 2.39. The van der Waals surface area contributed by atoms with Gasteiger partial charge in [0.15, 0.2) is 0 Å². The summed E-state index contributed by atoms with van der Waals surface area (Å²) in [6.45, 7) is 7.75. The number of ether oxygens (including phenoxy) is 2. The van der Waals surface area contributed by atoms with E-state index >= 15 is 0 Å². The first kappa shape index (κ1) is 16.7. The number of nitrogens with zero attached hydrogens (tertiary/aromatic N) is 1. The van der Waals surface area contributed by atoms with Gasteiger partial charge < -0.3 is 14.4 Å². The second-order valence-electron chi connectivity index (χ2n) is 7.39. The fourth-order valence-corrected chi connectivity index (χ4v) is 3.30. The van der Waals surface area contributed by atoms with Crippen LogP contribution in [0.25, 0.3) is 0 Å². The van der Waals surface area contributed by atoms with Gasteiger partial charge in [0.05, 0.1) is 12.1 Å². The van der Waals surface area contributed by atoms with Gasteiger partial charge in [-0.25, -0.2) is 14.0 Å². The van der Waals surface area contributed by atoms with Crippen molar-refractivity contribution < 1.29 is 23.5 Å². The van der Waals surface area contributed by atoms with Gasteiger partial charge in [0.25, 0.3) is 0 Å². The average molecular weight is 335 g/mol. The number of benzene rings is 1. The average Bonchev–Trinajstić information content (AvgIpc) is 3.02. The molecule has 6 heteroatoms. The van der Waals surface area contributed by atoms with E-state index in [1.807, 2.05) is 6.92 Å². The molecule has 1 aromatic carbocycles. The van der Waals surface area contributed by atoms with E-state index in [9.17, 15) is 14.0 Å². The van der Waals surface area contributed by atoms with Gasteiger partial charge >= 0.3 is 12.1 Å². The van der Waals surface area contributed by atoms with E-state index in [-0.39, 0.29) is 25.7 Å². The van der Waals surface area contributed by atoms with Crippen LogP contribution in [0, 0.1) is 6.92 Å². The van der Waals surface area contributed by atoms with E-state index in [0.717, 1.165) is 16.7 Å². The Hall–Kier alpha value is -2.11. The van der Waals surface area contributed by atoms with E-state index in [2.05, 4.69) is 0 Å². The lowest BCUT2D eigenvalue weighted by Crippen LogP contribution is -2.35. The van der Waals surface area contributed by atoms with Crippen molar-refractivity contribution in [3.8, 4) is 0 Å². The van der Waals surface area contributed by atoms with E-state index in [1.54, 1.807) is 32.9 Å². The molecule has 2 unspecified atom stereocenters. The summed E-state index contributed by atoms with van der Waals surface area (Å²) in [5, 5.41) is 0. The molecule has 0 saturated carbocycles. The topological polar surface area (TPSA) is 55.8 Å². The van der Waals surface area contributed by atoms with Gasteiger partial charge in [0, 0.05) is 18.0 Å². The number of rotatable bonds is 1. The monoisotopic (exact) mass is 335 g/mol. The molecule has 2 aliphatic rings. The Bertz CT molecular complexity index is 695. The quantitative estimate of drug-likeness (QED) is 0.739. The summed E-state index contributed by atoms with van der Waals surface area (Å²) in [6.07, 6.45) is -1.66. The standard InChI is InChI=1S/C18H22FNO4/c1-10-11(5-6-12-14(10)9-23-16(12)21)13-7-20(8-15(13)19)17(22)24-18(2,3)4/h5-6,13,15H,7-9H2,1-4H3. The van der Waals surface area contributed by atoms with E-state index in [4.69, 9.17) is 9.47 Å². The van der Waals surface area contributed by atoms with Crippen molar-refractivity contribution in [1.29, 1.82) is 0 Å². The first-order valence-electron chi connectivity index (χ1n) is 8.09. The van der Waals surface area contributed by atoms with Crippen LogP contribution in [0.4, 0.5) is 9.18 Å². The summed E-state index contributed by atoms with van der Waals surface area (Å²) >= 11 is 0. The molecule has 1 saturated heterocycles. The summed E-state index contributed by atoms with van der Waals surface area (Å²) in [5.74, 6) is -0.753. The lowest BCUT2D eigenvalue weighted by molar-refractivity contribution is 0.0282. The Morgan fingerprint density at radius 2 is 2.04 bits per heavy atom. The molecule has 1 amide bonds. The van der Waals surface area contributed by atoms with Crippen molar-refractivity contribution in [2.45, 2.75) is 52.0 Å². The molecule has 24 heavy (non-hydrogen) atoms. The summed E-state index contributed by atoms with van der Waals surface area (Å²) < 4.78 is 25.0. The van der Waals surface area contributed by atoms with Gasteiger partial charge in [-0.3, -0.25) is 0 Å². The van der Waals surface area contributed by atoms with Crippen LogP contribution in [0.2, 0.25) is 0 Å². The highest BCUT2D eigenvalue weighted by Crippen LogP contribution is 2.36. The van der Waals surface area contributed by atoms with Crippen molar-refractivity contribution in [2.24, 2.45) is 0 Å². The molecule has 0 spiro atoms. The van der Waals surface area contributed by atoms with Crippen molar-refractivity contribution in [1.82, 2.24) is 4.90 Å². The SMILES string of the molecule is Cc1c(C2CN(C(=O)OC(C)(C)C)CC2F)ccc2c1COC2=O. The van der Waals surface area contributed by atoms with Crippen LogP contribution in [-0.4, -0.2) is 41.8 Å². The predicted octanol–water partition coefficient (Wildman–Crippen LogP) is 3.34. The number of amides is 1. The zero-order valence-electron chi connectivity index (χ0n) is 14.4. The molecule has 0 N–H and O–H groups in total.